The van der Waals surface area contributed by atoms with Gasteiger partial charge in [-0.15, -0.1) is 17.5 Å². The zero-order valence-electron chi connectivity index (χ0n) is 11.6. The zero-order valence-corrected chi connectivity index (χ0v) is 12.4. The van der Waals surface area contributed by atoms with Gasteiger partial charge in [0.25, 0.3) is 5.88 Å². The van der Waals surface area contributed by atoms with Gasteiger partial charge in [0.05, 0.1) is 25.5 Å². The van der Waals surface area contributed by atoms with E-state index in [9.17, 15) is 0 Å². The van der Waals surface area contributed by atoms with E-state index in [-0.39, 0.29) is 12.4 Å². The Morgan fingerprint density at radius 2 is 2.16 bits per heavy atom. The summed E-state index contributed by atoms with van der Waals surface area (Å²) in [6.45, 7) is 4.92. The van der Waals surface area contributed by atoms with Crippen molar-refractivity contribution < 1.29 is 4.74 Å². The standard InChI is InChI=1S/C12H19N5O.ClH/c1-9(2)17-10(5-6-14-17)7-13-11-8-16(3)15-12(11)18-4;/h5-6,8-9,13H,7H2,1-4H3;1H. The average molecular weight is 286 g/mol. The molecule has 106 valence electrons. The summed E-state index contributed by atoms with van der Waals surface area (Å²) in [5.74, 6) is 0.605. The van der Waals surface area contributed by atoms with Gasteiger partial charge in [0.1, 0.15) is 5.69 Å². The van der Waals surface area contributed by atoms with Crippen molar-refractivity contribution in [3.63, 3.8) is 0 Å². The Balaban J connectivity index is 0.00000180. The Kier molecular flexibility index (Phi) is 5.23. The van der Waals surface area contributed by atoms with E-state index in [1.807, 2.05) is 30.2 Å². The maximum atomic E-state index is 5.20. The summed E-state index contributed by atoms with van der Waals surface area (Å²) in [4.78, 5) is 0. The van der Waals surface area contributed by atoms with Crippen LogP contribution in [-0.4, -0.2) is 26.7 Å². The molecule has 0 amide bonds. The highest BCUT2D eigenvalue weighted by molar-refractivity contribution is 5.85. The summed E-state index contributed by atoms with van der Waals surface area (Å²) < 4.78 is 8.92. The van der Waals surface area contributed by atoms with Crippen molar-refractivity contribution in [1.82, 2.24) is 19.6 Å². The molecule has 0 aliphatic rings. The molecule has 0 aliphatic carbocycles. The molecule has 0 saturated carbocycles. The van der Waals surface area contributed by atoms with Crippen LogP contribution >= 0.6 is 12.4 Å². The second-order valence-corrected chi connectivity index (χ2v) is 4.44. The van der Waals surface area contributed by atoms with Gasteiger partial charge in [-0.3, -0.25) is 9.36 Å². The van der Waals surface area contributed by atoms with Crippen molar-refractivity contribution >= 4 is 18.1 Å². The van der Waals surface area contributed by atoms with E-state index in [0.717, 1.165) is 11.4 Å². The number of nitrogens with one attached hydrogen (secondary N) is 1. The fourth-order valence-electron chi connectivity index (χ4n) is 1.87. The number of ether oxygens (including phenoxy) is 1. The van der Waals surface area contributed by atoms with Gasteiger partial charge in [-0.2, -0.15) is 5.10 Å². The van der Waals surface area contributed by atoms with Crippen LogP contribution in [0.15, 0.2) is 18.5 Å². The van der Waals surface area contributed by atoms with Crippen molar-refractivity contribution in [3.05, 3.63) is 24.2 Å². The molecule has 0 aromatic carbocycles. The van der Waals surface area contributed by atoms with Gasteiger partial charge < -0.3 is 10.1 Å². The Morgan fingerprint density at radius 3 is 2.79 bits per heavy atom. The first-order valence-electron chi connectivity index (χ1n) is 5.95. The number of hydrogen-bond acceptors (Lipinski definition) is 4. The number of halogens is 1. The molecule has 0 bridgehead atoms. The molecule has 2 heterocycles. The third kappa shape index (κ3) is 3.41. The van der Waals surface area contributed by atoms with Gasteiger partial charge in [-0.25, -0.2) is 0 Å². The van der Waals surface area contributed by atoms with Gasteiger partial charge in [0.15, 0.2) is 0 Å². The van der Waals surface area contributed by atoms with E-state index >= 15 is 0 Å². The van der Waals surface area contributed by atoms with Crippen LogP contribution < -0.4 is 10.1 Å². The molecule has 0 saturated heterocycles. The molecule has 0 fully saturated rings. The Morgan fingerprint density at radius 1 is 1.42 bits per heavy atom. The van der Waals surface area contributed by atoms with Crippen LogP contribution in [0.3, 0.4) is 0 Å². The second-order valence-electron chi connectivity index (χ2n) is 4.44. The fourth-order valence-corrected chi connectivity index (χ4v) is 1.87. The Bertz CT molecular complexity index is 520. The van der Waals surface area contributed by atoms with E-state index in [2.05, 4.69) is 29.4 Å². The van der Waals surface area contributed by atoms with E-state index in [4.69, 9.17) is 4.74 Å². The van der Waals surface area contributed by atoms with Gasteiger partial charge in [-0.1, -0.05) is 0 Å². The average Bonchev–Trinajstić information content (AvgIpc) is 2.92. The lowest BCUT2D eigenvalue weighted by Gasteiger charge is -2.11. The van der Waals surface area contributed by atoms with Gasteiger partial charge in [-0.05, 0) is 19.9 Å². The fraction of sp³-hybridized carbons (Fsp3) is 0.500. The lowest BCUT2D eigenvalue weighted by Crippen LogP contribution is -2.11. The van der Waals surface area contributed by atoms with Crippen molar-refractivity contribution in [2.45, 2.75) is 26.4 Å². The lowest BCUT2D eigenvalue weighted by atomic mass is 10.3. The predicted octanol–water partition coefficient (Wildman–Crippen LogP) is 2.24. The van der Waals surface area contributed by atoms with E-state index in [0.29, 0.717) is 18.5 Å². The van der Waals surface area contributed by atoms with E-state index in [1.165, 1.54) is 0 Å². The minimum absolute atomic E-state index is 0. The summed E-state index contributed by atoms with van der Waals surface area (Å²) >= 11 is 0. The van der Waals surface area contributed by atoms with Crippen molar-refractivity contribution in [1.29, 1.82) is 0 Å². The molecule has 0 unspecified atom stereocenters. The van der Waals surface area contributed by atoms with E-state index < -0.39 is 0 Å². The maximum Gasteiger partial charge on any atom is 0.256 e. The van der Waals surface area contributed by atoms with Crippen molar-refractivity contribution in [3.8, 4) is 5.88 Å². The monoisotopic (exact) mass is 285 g/mol. The molecule has 6 nitrogen and oxygen atoms in total. The summed E-state index contributed by atoms with van der Waals surface area (Å²) in [6.07, 6.45) is 3.71. The molecule has 2 aromatic rings. The van der Waals surface area contributed by atoms with Gasteiger partial charge in [0.2, 0.25) is 0 Å². The molecule has 0 atom stereocenters. The second kappa shape index (κ2) is 6.47. The van der Waals surface area contributed by atoms with Gasteiger partial charge in [0, 0.05) is 19.3 Å². The molecule has 1 N–H and O–H groups in total. The smallest absolute Gasteiger partial charge is 0.256 e. The third-order valence-corrected chi connectivity index (χ3v) is 2.69. The zero-order chi connectivity index (χ0) is 13.1. The van der Waals surface area contributed by atoms with E-state index in [1.54, 1.807) is 11.8 Å². The minimum atomic E-state index is 0. The number of nitrogens with zero attached hydrogens (tertiary/aromatic N) is 4. The molecule has 19 heavy (non-hydrogen) atoms. The summed E-state index contributed by atoms with van der Waals surface area (Å²) in [6, 6.07) is 2.36. The molecule has 2 rings (SSSR count). The number of rotatable bonds is 5. The normalized spacial score (nSPS) is 10.4. The number of methoxy groups -OCH3 is 1. The molecule has 0 aliphatic heterocycles. The molecule has 0 spiro atoms. The van der Waals surface area contributed by atoms with Crippen LogP contribution in [0.2, 0.25) is 0 Å². The number of hydrogen-bond donors (Lipinski definition) is 1. The van der Waals surface area contributed by atoms with Crippen LogP contribution in [0.25, 0.3) is 0 Å². The van der Waals surface area contributed by atoms with Crippen molar-refractivity contribution in [2.24, 2.45) is 7.05 Å². The number of aromatic nitrogens is 4. The highest BCUT2D eigenvalue weighted by atomic mass is 35.5. The largest absolute Gasteiger partial charge is 0.478 e. The lowest BCUT2D eigenvalue weighted by molar-refractivity contribution is 0.393. The number of anilines is 1. The van der Waals surface area contributed by atoms with Gasteiger partial charge >= 0.3 is 0 Å². The third-order valence-electron chi connectivity index (χ3n) is 2.69. The van der Waals surface area contributed by atoms with Crippen LogP contribution in [-0.2, 0) is 13.6 Å². The highest BCUT2D eigenvalue weighted by Crippen LogP contribution is 2.22. The molecule has 7 heteroatoms. The van der Waals surface area contributed by atoms with Crippen LogP contribution in [0.4, 0.5) is 5.69 Å². The summed E-state index contributed by atoms with van der Waals surface area (Å²) in [7, 11) is 3.48. The molecular formula is C12H20ClN5O. The summed E-state index contributed by atoms with van der Waals surface area (Å²) in [5.41, 5.74) is 2.02. The number of aryl methyl sites for hydroxylation is 1. The van der Waals surface area contributed by atoms with Crippen LogP contribution in [0, 0.1) is 0 Å². The Hall–Kier alpha value is -1.69. The first-order chi connectivity index (χ1) is 8.61. The Labute approximate surface area is 119 Å². The molecule has 0 radical (unpaired) electrons. The first kappa shape index (κ1) is 15.4. The van der Waals surface area contributed by atoms with Crippen molar-refractivity contribution in [2.75, 3.05) is 12.4 Å². The predicted molar refractivity (Wildman–Crippen MR) is 76.9 cm³/mol. The quantitative estimate of drug-likeness (QED) is 0.915. The summed E-state index contributed by atoms with van der Waals surface area (Å²) in [5, 5.41) is 11.8. The topological polar surface area (TPSA) is 56.9 Å². The maximum absolute atomic E-state index is 5.20. The molecular weight excluding hydrogens is 266 g/mol. The van der Waals surface area contributed by atoms with Crippen LogP contribution in [0.1, 0.15) is 25.6 Å². The highest BCUT2D eigenvalue weighted by Gasteiger charge is 2.09. The SMILES string of the molecule is COc1nn(C)cc1NCc1ccnn1C(C)C.Cl. The minimum Gasteiger partial charge on any atom is -0.478 e. The first-order valence-corrected chi connectivity index (χ1v) is 5.95. The van der Waals surface area contributed by atoms with Crippen LogP contribution in [0.5, 0.6) is 5.88 Å². The molecule has 2 aromatic heterocycles.